The summed E-state index contributed by atoms with van der Waals surface area (Å²) in [6.07, 6.45) is 4.86. The molecule has 0 heterocycles. The normalized spacial score (nSPS) is 11.9. The van der Waals surface area contributed by atoms with Crippen molar-refractivity contribution in [1.29, 1.82) is 0 Å². The molecule has 0 amide bonds. The molecule has 1 atom stereocenters. The van der Waals surface area contributed by atoms with Gasteiger partial charge in [0.25, 0.3) is 0 Å². The van der Waals surface area contributed by atoms with E-state index >= 15 is 0 Å². The van der Waals surface area contributed by atoms with Crippen molar-refractivity contribution in [2.75, 3.05) is 0 Å². The van der Waals surface area contributed by atoms with Crippen LogP contribution in [0.3, 0.4) is 0 Å². The monoisotopic (exact) mass is 290 g/mol. The zero-order chi connectivity index (χ0) is 10.4. The van der Waals surface area contributed by atoms with Crippen LogP contribution < -0.4 is 0 Å². The molecule has 1 aromatic rings. The number of halogens is 1. The fourth-order valence-electron chi connectivity index (χ4n) is 1.45. The number of phenolic OH excluding ortho intramolecular Hbond substituents is 1. The predicted octanol–water partition coefficient (Wildman–Crippen LogP) is 4.52. The molecule has 0 aromatic heterocycles. The molecule has 0 aliphatic rings. The van der Waals surface area contributed by atoms with Gasteiger partial charge in [0.05, 0.1) is 0 Å². The third-order valence-corrected chi connectivity index (χ3v) is 2.92. The molecule has 1 N–H and O–H groups in total. The van der Waals surface area contributed by atoms with E-state index in [2.05, 4.69) is 19.6 Å². The van der Waals surface area contributed by atoms with Gasteiger partial charge in [0.2, 0.25) is 0 Å². The molecule has 0 bridgehead atoms. The molecular weight excluding hydrogens is 272 g/mol. The highest BCUT2D eigenvalue weighted by Crippen LogP contribution is 2.27. The maximum atomic E-state index is 9.13. The minimum Gasteiger partial charge on any atom is -0.508 e. The molecule has 0 spiro atoms. The standard InChI is InChI=1S/C12H18OS.BrH/c1-2-3-4-5-12(14)10-6-8-11(13)9-7-10;/h6-9,12-14H,2-5H2,1H3;1H. The third kappa shape index (κ3) is 5.47. The highest BCUT2D eigenvalue weighted by molar-refractivity contribution is 8.93. The number of phenols is 1. The van der Waals surface area contributed by atoms with E-state index in [9.17, 15) is 0 Å². The highest BCUT2D eigenvalue weighted by Gasteiger charge is 2.05. The Bertz CT molecular complexity index is 261. The first-order chi connectivity index (χ1) is 6.74. The maximum Gasteiger partial charge on any atom is 0.115 e. The van der Waals surface area contributed by atoms with Gasteiger partial charge in [-0.3, -0.25) is 0 Å². The van der Waals surface area contributed by atoms with E-state index in [-0.39, 0.29) is 17.0 Å². The van der Waals surface area contributed by atoms with E-state index in [4.69, 9.17) is 5.11 Å². The van der Waals surface area contributed by atoms with Crippen LogP contribution in [0.1, 0.15) is 43.4 Å². The van der Waals surface area contributed by atoms with Crippen molar-refractivity contribution in [3.05, 3.63) is 29.8 Å². The summed E-state index contributed by atoms with van der Waals surface area (Å²) < 4.78 is 0. The summed E-state index contributed by atoms with van der Waals surface area (Å²) in [5.41, 5.74) is 1.20. The topological polar surface area (TPSA) is 20.2 Å². The molecule has 0 fully saturated rings. The molecule has 0 aliphatic carbocycles. The number of aromatic hydroxyl groups is 1. The Balaban J connectivity index is 0.00000196. The fraction of sp³-hybridized carbons (Fsp3) is 0.500. The number of unbranched alkanes of at least 4 members (excludes halogenated alkanes) is 2. The maximum absolute atomic E-state index is 9.13. The zero-order valence-corrected chi connectivity index (χ0v) is 11.6. The van der Waals surface area contributed by atoms with Crippen molar-refractivity contribution in [2.24, 2.45) is 0 Å². The van der Waals surface area contributed by atoms with Gasteiger partial charge < -0.3 is 5.11 Å². The van der Waals surface area contributed by atoms with Gasteiger partial charge in [0, 0.05) is 5.25 Å². The van der Waals surface area contributed by atoms with E-state index in [0.29, 0.717) is 11.0 Å². The average Bonchev–Trinajstić information content (AvgIpc) is 2.19. The summed E-state index contributed by atoms with van der Waals surface area (Å²) in [6, 6.07) is 7.33. The number of benzene rings is 1. The molecule has 0 saturated heterocycles. The van der Waals surface area contributed by atoms with Crippen LogP contribution in [0.15, 0.2) is 24.3 Å². The van der Waals surface area contributed by atoms with E-state index in [1.54, 1.807) is 12.1 Å². The summed E-state index contributed by atoms with van der Waals surface area (Å²) in [4.78, 5) is 0. The van der Waals surface area contributed by atoms with Gasteiger partial charge in [-0.1, -0.05) is 38.3 Å². The van der Waals surface area contributed by atoms with Crippen molar-refractivity contribution in [3.63, 3.8) is 0 Å². The molecule has 15 heavy (non-hydrogen) atoms. The fourth-order valence-corrected chi connectivity index (χ4v) is 1.81. The van der Waals surface area contributed by atoms with Crippen LogP contribution in [0.4, 0.5) is 0 Å². The molecule has 1 aromatic carbocycles. The second-order valence-electron chi connectivity index (χ2n) is 3.60. The van der Waals surface area contributed by atoms with Gasteiger partial charge in [-0.05, 0) is 24.1 Å². The Morgan fingerprint density at radius 3 is 2.33 bits per heavy atom. The minimum atomic E-state index is 0. The van der Waals surface area contributed by atoms with Gasteiger partial charge in [-0.2, -0.15) is 12.6 Å². The molecule has 86 valence electrons. The Morgan fingerprint density at radius 2 is 1.80 bits per heavy atom. The van der Waals surface area contributed by atoms with Crippen molar-refractivity contribution in [2.45, 2.75) is 37.9 Å². The molecule has 1 rings (SSSR count). The Kier molecular flexibility index (Phi) is 7.97. The summed E-state index contributed by atoms with van der Waals surface area (Å²) in [7, 11) is 0. The van der Waals surface area contributed by atoms with Crippen LogP contribution in [0.5, 0.6) is 5.75 Å². The second kappa shape index (κ2) is 8.05. The number of hydrogen-bond acceptors (Lipinski definition) is 2. The summed E-state index contributed by atoms with van der Waals surface area (Å²) in [6.45, 7) is 2.20. The lowest BCUT2D eigenvalue weighted by Crippen LogP contribution is -1.90. The zero-order valence-electron chi connectivity index (χ0n) is 9.02. The van der Waals surface area contributed by atoms with Crippen molar-refractivity contribution in [3.8, 4) is 5.75 Å². The first-order valence-electron chi connectivity index (χ1n) is 5.21. The SMILES string of the molecule is Br.CCCCCC(S)c1ccc(O)cc1. The molecule has 1 unspecified atom stereocenters. The van der Waals surface area contributed by atoms with Crippen LogP contribution >= 0.6 is 29.6 Å². The lowest BCUT2D eigenvalue weighted by atomic mass is 10.1. The largest absolute Gasteiger partial charge is 0.508 e. The number of rotatable bonds is 5. The lowest BCUT2D eigenvalue weighted by molar-refractivity contribution is 0.475. The van der Waals surface area contributed by atoms with Gasteiger partial charge >= 0.3 is 0 Å². The Morgan fingerprint density at radius 1 is 1.20 bits per heavy atom. The molecular formula is C12H19BrOS. The molecule has 0 radical (unpaired) electrons. The lowest BCUT2D eigenvalue weighted by Gasteiger charge is -2.10. The van der Waals surface area contributed by atoms with E-state index in [1.165, 1.54) is 24.8 Å². The first-order valence-corrected chi connectivity index (χ1v) is 5.72. The smallest absolute Gasteiger partial charge is 0.115 e. The molecule has 1 nitrogen and oxygen atoms in total. The van der Waals surface area contributed by atoms with Crippen LogP contribution in [0.25, 0.3) is 0 Å². The number of hydrogen-bond donors (Lipinski definition) is 2. The van der Waals surface area contributed by atoms with Crippen molar-refractivity contribution < 1.29 is 5.11 Å². The highest BCUT2D eigenvalue weighted by atomic mass is 79.9. The first kappa shape index (κ1) is 14.8. The summed E-state index contributed by atoms with van der Waals surface area (Å²) >= 11 is 4.55. The van der Waals surface area contributed by atoms with Crippen LogP contribution in [0.2, 0.25) is 0 Å². The Hall–Kier alpha value is -0.150. The second-order valence-corrected chi connectivity index (χ2v) is 4.23. The minimum absolute atomic E-state index is 0. The average molecular weight is 291 g/mol. The van der Waals surface area contributed by atoms with Crippen LogP contribution in [-0.2, 0) is 0 Å². The van der Waals surface area contributed by atoms with Gasteiger partial charge in [0.1, 0.15) is 5.75 Å². The third-order valence-electron chi connectivity index (χ3n) is 2.36. The summed E-state index contributed by atoms with van der Waals surface area (Å²) in [5, 5.41) is 9.44. The molecule has 0 aliphatic heterocycles. The predicted molar refractivity (Wildman–Crippen MR) is 74.3 cm³/mol. The van der Waals surface area contributed by atoms with E-state index in [1.807, 2.05) is 12.1 Å². The number of thiol groups is 1. The Labute approximate surface area is 108 Å². The van der Waals surface area contributed by atoms with Gasteiger partial charge in [0.15, 0.2) is 0 Å². The molecule has 0 saturated carbocycles. The van der Waals surface area contributed by atoms with Crippen molar-refractivity contribution >= 4 is 29.6 Å². The van der Waals surface area contributed by atoms with Crippen LogP contribution in [-0.4, -0.2) is 5.11 Å². The van der Waals surface area contributed by atoms with Crippen LogP contribution in [0, 0.1) is 0 Å². The van der Waals surface area contributed by atoms with E-state index < -0.39 is 0 Å². The quantitative estimate of drug-likeness (QED) is 0.603. The van der Waals surface area contributed by atoms with E-state index in [0.717, 1.165) is 6.42 Å². The molecule has 3 heteroatoms. The van der Waals surface area contributed by atoms with Gasteiger partial charge in [-0.15, -0.1) is 17.0 Å². The summed E-state index contributed by atoms with van der Waals surface area (Å²) in [5.74, 6) is 0.322. The van der Waals surface area contributed by atoms with Crippen molar-refractivity contribution in [1.82, 2.24) is 0 Å². The van der Waals surface area contributed by atoms with Gasteiger partial charge in [-0.25, -0.2) is 0 Å².